The van der Waals surface area contributed by atoms with Gasteiger partial charge in [-0.15, -0.1) is 5.10 Å². The number of methoxy groups -OCH3 is 2. The zero-order valence-corrected chi connectivity index (χ0v) is 13.9. The lowest BCUT2D eigenvalue weighted by molar-refractivity contribution is 0.354. The Balaban J connectivity index is 2.25. The first-order valence-corrected chi connectivity index (χ1v) is 8.77. The molecule has 2 aromatic rings. The number of aromatic nitrogens is 3. The lowest BCUT2D eigenvalue weighted by Gasteiger charge is -2.10. The number of ether oxygens (including phenoxy) is 2. The Morgan fingerprint density at radius 1 is 1.27 bits per heavy atom. The lowest BCUT2D eigenvalue weighted by atomic mass is 10.3. The molecule has 0 bridgehead atoms. The van der Waals surface area contributed by atoms with Gasteiger partial charge in [0.25, 0.3) is 10.0 Å². The molecule has 1 heterocycles. The Hall–Kier alpha value is -1.94. The molecule has 8 nitrogen and oxygen atoms in total. The van der Waals surface area contributed by atoms with Gasteiger partial charge in [-0.1, -0.05) is 18.7 Å². The molecule has 0 radical (unpaired) electrons. The first-order chi connectivity index (χ1) is 10.5. The normalized spacial score (nSPS) is 11.2. The van der Waals surface area contributed by atoms with Gasteiger partial charge in [0.1, 0.15) is 0 Å². The first kappa shape index (κ1) is 16.4. The summed E-state index contributed by atoms with van der Waals surface area (Å²) in [7, 11) is -0.886. The van der Waals surface area contributed by atoms with Gasteiger partial charge in [0.05, 0.1) is 19.1 Å². The smallest absolute Gasteiger partial charge is 0.264 e. The van der Waals surface area contributed by atoms with Crippen molar-refractivity contribution < 1.29 is 17.9 Å². The van der Waals surface area contributed by atoms with Crippen LogP contribution < -0.4 is 14.2 Å². The summed E-state index contributed by atoms with van der Waals surface area (Å²) < 4.78 is 37.2. The van der Waals surface area contributed by atoms with Gasteiger partial charge in [-0.3, -0.25) is 0 Å². The maximum absolute atomic E-state index is 12.3. The number of aromatic amines is 1. The van der Waals surface area contributed by atoms with E-state index in [0.717, 1.165) is 5.75 Å². The number of H-pyrrole nitrogens is 1. The van der Waals surface area contributed by atoms with Crippen molar-refractivity contribution in [2.75, 3.05) is 24.7 Å². The van der Waals surface area contributed by atoms with Crippen LogP contribution in [0.25, 0.3) is 0 Å². The van der Waals surface area contributed by atoms with Crippen LogP contribution in [-0.2, 0) is 10.0 Å². The monoisotopic (exact) mass is 344 g/mol. The molecule has 2 N–H and O–H groups in total. The van der Waals surface area contributed by atoms with Crippen molar-refractivity contribution >= 4 is 27.7 Å². The van der Waals surface area contributed by atoms with Crippen molar-refractivity contribution in [3.05, 3.63) is 18.2 Å². The number of thioether (sulfide) groups is 1. The quantitative estimate of drug-likeness (QED) is 0.737. The third-order valence-electron chi connectivity index (χ3n) is 2.63. The maximum atomic E-state index is 12.3. The summed E-state index contributed by atoms with van der Waals surface area (Å²) in [5.41, 5.74) is 0. The van der Waals surface area contributed by atoms with Crippen LogP contribution in [0.15, 0.2) is 28.3 Å². The van der Waals surface area contributed by atoms with E-state index in [9.17, 15) is 8.42 Å². The molecule has 120 valence electrons. The highest BCUT2D eigenvalue weighted by molar-refractivity contribution is 7.99. The molecule has 0 atom stereocenters. The van der Waals surface area contributed by atoms with Crippen LogP contribution >= 0.6 is 11.8 Å². The number of hydrogen-bond donors (Lipinski definition) is 2. The van der Waals surface area contributed by atoms with E-state index >= 15 is 0 Å². The molecule has 0 unspecified atom stereocenters. The van der Waals surface area contributed by atoms with Crippen LogP contribution in [0.3, 0.4) is 0 Å². The minimum Gasteiger partial charge on any atom is -0.493 e. The van der Waals surface area contributed by atoms with E-state index in [0.29, 0.717) is 16.7 Å². The molecule has 0 amide bonds. The summed E-state index contributed by atoms with van der Waals surface area (Å²) in [5.74, 6) is 1.62. The highest BCUT2D eigenvalue weighted by Crippen LogP contribution is 2.29. The van der Waals surface area contributed by atoms with E-state index in [4.69, 9.17) is 9.47 Å². The number of nitrogens with zero attached hydrogens (tertiary/aromatic N) is 2. The van der Waals surface area contributed by atoms with Crippen LogP contribution in [0.1, 0.15) is 6.92 Å². The maximum Gasteiger partial charge on any atom is 0.264 e. The fourth-order valence-corrected chi connectivity index (χ4v) is 3.15. The number of benzene rings is 1. The number of anilines is 1. The van der Waals surface area contributed by atoms with Crippen molar-refractivity contribution in [1.82, 2.24) is 15.2 Å². The second kappa shape index (κ2) is 6.88. The third-order valence-corrected chi connectivity index (χ3v) is 4.70. The second-order valence-electron chi connectivity index (χ2n) is 4.02. The van der Waals surface area contributed by atoms with Crippen molar-refractivity contribution in [3.8, 4) is 11.5 Å². The van der Waals surface area contributed by atoms with Crippen molar-refractivity contribution in [1.29, 1.82) is 0 Å². The second-order valence-corrected chi connectivity index (χ2v) is 6.94. The predicted octanol–water partition coefficient (Wildman–Crippen LogP) is 1.73. The van der Waals surface area contributed by atoms with Gasteiger partial charge in [-0.05, 0) is 17.9 Å². The first-order valence-electron chi connectivity index (χ1n) is 6.30. The van der Waals surface area contributed by atoms with E-state index in [2.05, 4.69) is 19.9 Å². The molecular formula is C12H16N4O4S2. The minimum absolute atomic E-state index is 0.0336. The number of hydrogen-bond acceptors (Lipinski definition) is 7. The van der Waals surface area contributed by atoms with E-state index in [-0.39, 0.29) is 10.8 Å². The van der Waals surface area contributed by atoms with E-state index in [1.807, 2.05) is 6.92 Å². The molecular weight excluding hydrogens is 328 g/mol. The topological polar surface area (TPSA) is 106 Å². The van der Waals surface area contributed by atoms with E-state index in [1.165, 1.54) is 44.2 Å². The number of sulfonamides is 1. The summed E-state index contributed by atoms with van der Waals surface area (Å²) in [5, 5.41) is 6.92. The Labute approximate surface area is 132 Å². The fourth-order valence-electron chi connectivity index (χ4n) is 1.66. The summed E-state index contributed by atoms with van der Waals surface area (Å²) in [6.07, 6.45) is 0. The molecule has 1 aromatic carbocycles. The Morgan fingerprint density at radius 2 is 2.00 bits per heavy atom. The molecule has 0 aliphatic rings. The minimum atomic E-state index is -3.80. The lowest BCUT2D eigenvalue weighted by Crippen LogP contribution is -2.14. The van der Waals surface area contributed by atoms with E-state index in [1.54, 1.807) is 0 Å². The van der Waals surface area contributed by atoms with Crippen LogP contribution in [0.4, 0.5) is 5.95 Å². The summed E-state index contributed by atoms with van der Waals surface area (Å²) in [4.78, 5) is 4.07. The number of nitrogens with one attached hydrogen (secondary N) is 2. The van der Waals surface area contributed by atoms with Crippen molar-refractivity contribution in [2.24, 2.45) is 0 Å². The highest BCUT2D eigenvalue weighted by Gasteiger charge is 2.19. The van der Waals surface area contributed by atoms with Crippen molar-refractivity contribution in [2.45, 2.75) is 17.0 Å². The Kier molecular flexibility index (Phi) is 5.14. The van der Waals surface area contributed by atoms with Crippen LogP contribution in [0.5, 0.6) is 11.5 Å². The van der Waals surface area contributed by atoms with E-state index < -0.39 is 10.0 Å². The summed E-state index contributed by atoms with van der Waals surface area (Å²) in [6.45, 7) is 1.95. The van der Waals surface area contributed by atoms with Crippen LogP contribution in [0.2, 0.25) is 0 Å². The average Bonchev–Trinajstić information content (AvgIpc) is 2.93. The Morgan fingerprint density at radius 3 is 2.64 bits per heavy atom. The molecule has 0 fully saturated rings. The molecule has 0 spiro atoms. The molecule has 22 heavy (non-hydrogen) atoms. The van der Waals surface area contributed by atoms with Gasteiger partial charge in [0.15, 0.2) is 11.5 Å². The van der Waals surface area contributed by atoms with Crippen LogP contribution in [-0.4, -0.2) is 43.6 Å². The van der Waals surface area contributed by atoms with Gasteiger partial charge in [-0.2, -0.15) is 4.98 Å². The molecule has 0 aliphatic heterocycles. The fraction of sp³-hybridized carbons (Fsp3) is 0.333. The predicted molar refractivity (Wildman–Crippen MR) is 83.1 cm³/mol. The molecule has 1 aromatic heterocycles. The molecule has 2 rings (SSSR count). The molecule has 10 heteroatoms. The van der Waals surface area contributed by atoms with Crippen LogP contribution in [0, 0.1) is 0 Å². The van der Waals surface area contributed by atoms with Gasteiger partial charge in [-0.25, -0.2) is 18.2 Å². The largest absolute Gasteiger partial charge is 0.493 e. The highest BCUT2D eigenvalue weighted by atomic mass is 32.2. The third kappa shape index (κ3) is 3.63. The van der Waals surface area contributed by atoms with Gasteiger partial charge in [0.2, 0.25) is 11.1 Å². The molecule has 0 aliphatic carbocycles. The zero-order chi connectivity index (χ0) is 16.2. The Bertz CT molecular complexity index is 745. The standard InChI is InChI=1S/C12H16N4O4S2/c1-4-21-12-13-11(14-15-12)16-22(17,18)8-5-6-9(19-2)10(7-8)20-3/h5-7H,4H2,1-3H3,(H2,13,14,15,16). The zero-order valence-electron chi connectivity index (χ0n) is 12.3. The summed E-state index contributed by atoms with van der Waals surface area (Å²) in [6, 6.07) is 4.31. The summed E-state index contributed by atoms with van der Waals surface area (Å²) >= 11 is 1.40. The molecule has 0 saturated heterocycles. The molecule has 0 saturated carbocycles. The average molecular weight is 344 g/mol. The van der Waals surface area contributed by atoms with Crippen molar-refractivity contribution in [3.63, 3.8) is 0 Å². The van der Waals surface area contributed by atoms with Gasteiger partial charge in [0, 0.05) is 6.07 Å². The van der Waals surface area contributed by atoms with Gasteiger partial charge >= 0.3 is 0 Å². The number of rotatable bonds is 7. The van der Waals surface area contributed by atoms with Gasteiger partial charge < -0.3 is 9.47 Å². The SMILES string of the molecule is CCSc1n[nH]c(NS(=O)(=O)c2ccc(OC)c(OC)c2)n1.